The van der Waals surface area contributed by atoms with Crippen molar-refractivity contribution in [2.75, 3.05) is 6.61 Å². The van der Waals surface area contributed by atoms with Crippen molar-refractivity contribution in [3.05, 3.63) is 114 Å². The Morgan fingerprint density at radius 1 is 1.03 bits per heavy atom. The largest absolute Gasteiger partial charge is 0.463 e. The van der Waals surface area contributed by atoms with Crippen LogP contribution in [0.25, 0.3) is 16.3 Å². The number of allylic oxidation sites excluding steroid dienone is 5. The van der Waals surface area contributed by atoms with Gasteiger partial charge in [0, 0.05) is 6.08 Å². The van der Waals surface area contributed by atoms with Gasteiger partial charge in [-0.2, -0.15) is 0 Å². The molecular weight excluding hydrogens is 375 g/mol. The first-order valence-electron chi connectivity index (χ1n) is 10.1. The average Bonchev–Trinajstić information content (AvgIpc) is 2.79. The number of hydrogen-bond acceptors (Lipinski definition) is 2. The molecule has 0 N–H and O–H groups in total. The molecule has 0 saturated heterocycles. The smallest absolute Gasteiger partial charge is 0.330 e. The number of hydrogen-bond donors (Lipinski definition) is 0. The third-order valence-corrected chi connectivity index (χ3v) is 5.47. The van der Waals surface area contributed by atoms with E-state index in [9.17, 15) is 4.79 Å². The van der Waals surface area contributed by atoms with E-state index >= 15 is 4.39 Å². The van der Waals surface area contributed by atoms with Crippen molar-refractivity contribution in [2.24, 2.45) is 0 Å². The Labute approximate surface area is 176 Å². The molecule has 0 heterocycles. The fraction of sp³-hybridized carbons (Fsp3) is 0.148. The highest BCUT2D eigenvalue weighted by atomic mass is 19.1. The lowest BCUT2D eigenvalue weighted by atomic mass is 9.70. The summed E-state index contributed by atoms with van der Waals surface area (Å²) in [4.78, 5) is 12.0. The molecule has 3 aromatic carbocycles. The number of alkyl halides is 1. The maximum absolute atomic E-state index is 16.0. The van der Waals surface area contributed by atoms with Crippen LogP contribution < -0.4 is 0 Å². The zero-order chi connectivity index (χ0) is 21.0. The summed E-state index contributed by atoms with van der Waals surface area (Å²) in [6, 6.07) is 23.5. The number of ether oxygens (including phenoxy) is 1. The minimum Gasteiger partial charge on any atom is -0.463 e. The van der Waals surface area contributed by atoms with Gasteiger partial charge in [0.1, 0.15) is 6.17 Å². The second-order valence-corrected chi connectivity index (χ2v) is 7.27. The van der Waals surface area contributed by atoms with Gasteiger partial charge in [-0.15, -0.1) is 0 Å². The maximum Gasteiger partial charge on any atom is 0.330 e. The van der Waals surface area contributed by atoms with E-state index in [4.69, 9.17) is 4.74 Å². The van der Waals surface area contributed by atoms with Crippen LogP contribution >= 0.6 is 0 Å². The summed E-state index contributed by atoms with van der Waals surface area (Å²) in [6.45, 7) is 2.02. The van der Waals surface area contributed by atoms with Gasteiger partial charge >= 0.3 is 5.97 Å². The second-order valence-electron chi connectivity index (χ2n) is 7.27. The predicted molar refractivity (Wildman–Crippen MR) is 120 cm³/mol. The van der Waals surface area contributed by atoms with E-state index in [-0.39, 0.29) is 6.61 Å². The summed E-state index contributed by atoms with van der Waals surface area (Å²) in [5.41, 5.74) is 1.49. The molecule has 4 rings (SSSR count). The standard InChI is InChI=1S/C27H23FO2/c1-2-30-26(29)16-18-27(24-14-8-12-21-11-6-7-13-23(21)24)17-15-22(19-25(27)28)20-9-4-3-5-10-20/h3-19,25H,2H2,1H3/b18-16+. The molecule has 0 radical (unpaired) electrons. The van der Waals surface area contributed by atoms with Gasteiger partial charge in [0.15, 0.2) is 0 Å². The first-order chi connectivity index (χ1) is 14.6. The Morgan fingerprint density at radius 2 is 1.77 bits per heavy atom. The minimum absolute atomic E-state index is 0.275. The van der Waals surface area contributed by atoms with Gasteiger partial charge in [0.05, 0.1) is 12.0 Å². The molecule has 0 fully saturated rings. The third kappa shape index (κ3) is 3.71. The Kier molecular flexibility index (Phi) is 5.62. The molecule has 3 aromatic rings. The molecule has 30 heavy (non-hydrogen) atoms. The van der Waals surface area contributed by atoms with Crippen LogP contribution in [-0.2, 0) is 14.9 Å². The number of benzene rings is 3. The monoisotopic (exact) mass is 398 g/mol. The molecule has 0 amide bonds. The summed E-state index contributed by atoms with van der Waals surface area (Å²) >= 11 is 0. The Hall–Kier alpha value is -3.46. The van der Waals surface area contributed by atoms with Crippen molar-refractivity contribution in [1.29, 1.82) is 0 Å². The molecule has 0 saturated carbocycles. The summed E-state index contributed by atoms with van der Waals surface area (Å²) in [5.74, 6) is -0.476. The average molecular weight is 398 g/mol. The molecule has 2 nitrogen and oxygen atoms in total. The maximum atomic E-state index is 16.0. The molecule has 0 spiro atoms. The number of carbonyl (C=O) groups is 1. The number of rotatable bonds is 5. The number of carbonyl (C=O) groups excluding carboxylic acids is 1. The molecule has 1 aliphatic carbocycles. The molecule has 1 aliphatic rings. The zero-order valence-electron chi connectivity index (χ0n) is 16.8. The van der Waals surface area contributed by atoms with Crippen LogP contribution in [-0.4, -0.2) is 18.7 Å². The van der Waals surface area contributed by atoms with Crippen molar-refractivity contribution in [3.8, 4) is 0 Å². The van der Waals surface area contributed by atoms with Crippen molar-refractivity contribution < 1.29 is 13.9 Å². The first-order valence-corrected chi connectivity index (χ1v) is 10.1. The van der Waals surface area contributed by atoms with Gasteiger partial charge in [-0.3, -0.25) is 0 Å². The van der Waals surface area contributed by atoms with Crippen molar-refractivity contribution in [1.82, 2.24) is 0 Å². The third-order valence-electron chi connectivity index (χ3n) is 5.47. The zero-order valence-corrected chi connectivity index (χ0v) is 16.8. The van der Waals surface area contributed by atoms with E-state index in [1.807, 2.05) is 84.9 Å². The van der Waals surface area contributed by atoms with E-state index in [0.717, 1.165) is 27.5 Å². The summed E-state index contributed by atoms with van der Waals surface area (Å²) < 4.78 is 21.0. The number of esters is 1. The van der Waals surface area contributed by atoms with E-state index in [1.165, 1.54) is 6.08 Å². The van der Waals surface area contributed by atoms with E-state index in [1.54, 1.807) is 19.1 Å². The van der Waals surface area contributed by atoms with Gasteiger partial charge in [0.2, 0.25) is 0 Å². The highest BCUT2D eigenvalue weighted by Crippen LogP contribution is 2.42. The van der Waals surface area contributed by atoms with E-state index < -0.39 is 17.6 Å². The van der Waals surface area contributed by atoms with Crippen LogP contribution in [0.5, 0.6) is 0 Å². The lowest BCUT2D eigenvalue weighted by Gasteiger charge is -2.34. The van der Waals surface area contributed by atoms with Crippen molar-refractivity contribution in [3.63, 3.8) is 0 Å². The molecule has 0 aromatic heterocycles. The first kappa shape index (κ1) is 19.8. The van der Waals surface area contributed by atoms with Crippen LogP contribution in [0.3, 0.4) is 0 Å². The fourth-order valence-corrected chi connectivity index (χ4v) is 3.97. The van der Waals surface area contributed by atoms with Crippen LogP contribution in [0.2, 0.25) is 0 Å². The Bertz CT molecular complexity index is 1140. The quantitative estimate of drug-likeness (QED) is 0.378. The van der Waals surface area contributed by atoms with Crippen LogP contribution in [0, 0.1) is 0 Å². The van der Waals surface area contributed by atoms with E-state index in [2.05, 4.69) is 0 Å². The van der Waals surface area contributed by atoms with Gasteiger partial charge in [0.25, 0.3) is 0 Å². The number of fused-ring (bicyclic) bond motifs is 1. The Morgan fingerprint density at radius 3 is 2.53 bits per heavy atom. The molecular formula is C27H23FO2. The van der Waals surface area contributed by atoms with Crippen LogP contribution in [0.15, 0.2) is 103 Å². The van der Waals surface area contributed by atoms with Crippen molar-refractivity contribution >= 4 is 22.3 Å². The molecule has 2 atom stereocenters. The number of halogens is 1. The molecule has 3 heteroatoms. The molecule has 0 bridgehead atoms. The molecule has 2 unspecified atom stereocenters. The van der Waals surface area contributed by atoms with E-state index in [0.29, 0.717) is 0 Å². The summed E-state index contributed by atoms with van der Waals surface area (Å²) in [6.07, 6.45) is 7.04. The topological polar surface area (TPSA) is 26.3 Å². The minimum atomic E-state index is -1.35. The van der Waals surface area contributed by atoms with Gasteiger partial charge in [-0.1, -0.05) is 91.0 Å². The predicted octanol–water partition coefficient (Wildman–Crippen LogP) is 6.19. The lowest BCUT2D eigenvalue weighted by Crippen LogP contribution is -2.34. The van der Waals surface area contributed by atoms with Gasteiger partial charge < -0.3 is 4.74 Å². The molecule has 150 valence electrons. The summed E-state index contributed by atoms with van der Waals surface area (Å²) in [7, 11) is 0. The van der Waals surface area contributed by atoms with Crippen LogP contribution in [0.4, 0.5) is 4.39 Å². The highest BCUT2D eigenvalue weighted by Gasteiger charge is 2.39. The summed E-state index contributed by atoms with van der Waals surface area (Å²) in [5, 5.41) is 1.98. The van der Waals surface area contributed by atoms with Crippen LogP contribution in [0.1, 0.15) is 18.1 Å². The fourth-order valence-electron chi connectivity index (χ4n) is 3.97. The lowest BCUT2D eigenvalue weighted by molar-refractivity contribution is -0.137. The second kappa shape index (κ2) is 8.50. The SMILES string of the molecule is CCOC(=O)/C=C/C1(c2cccc3ccccc23)C=CC(c2ccccc2)=CC1F. The molecule has 0 aliphatic heterocycles. The van der Waals surface area contributed by atoms with Crippen molar-refractivity contribution in [2.45, 2.75) is 18.5 Å². The van der Waals surface area contributed by atoms with Gasteiger partial charge in [-0.05, 0) is 40.5 Å². The Balaban J connectivity index is 1.85. The van der Waals surface area contributed by atoms with Gasteiger partial charge in [-0.25, -0.2) is 9.18 Å². The normalized spacial score (nSPS) is 21.0. The highest BCUT2D eigenvalue weighted by molar-refractivity contribution is 5.89.